The molecule has 0 radical (unpaired) electrons. The van der Waals surface area contributed by atoms with Crippen LogP contribution in [0.2, 0.25) is 5.02 Å². The van der Waals surface area contributed by atoms with Crippen molar-refractivity contribution in [1.82, 2.24) is 19.4 Å². The third-order valence-corrected chi connectivity index (χ3v) is 5.55. The molecule has 1 aliphatic heterocycles. The number of aromatic nitrogens is 3. The van der Waals surface area contributed by atoms with E-state index >= 15 is 0 Å². The van der Waals surface area contributed by atoms with Crippen LogP contribution in [0.4, 0.5) is 10.5 Å². The monoisotopic (exact) mass is 397 g/mol. The van der Waals surface area contributed by atoms with E-state index in [1.165, 1.54) is 0 Å². The zero-order valence-electron chi connectivity index (χ0n) is 16.3. The second kappa shape index (κ2) is 7.43. The van der Waals surface area contributed by atoms with Gasteiger partial charge in [-0.15, -0.1) is 0 Å². The molecule has 6 nitrogen and oxygen atoms in total. The van der Waals surface area contributed by atoms with Crippen LogP contribution < -0.4 is 5.32 Å². The molecule has 0 bridgehead atoms. The molecule has 1 N–H and O–H groups in total. The molecule has 0 saturated carbocycles. The summed E-state index contributed by atoms with van der Waals surface area (Å²) in [4.78, 5) is 23.7. The molecule has 1 aromatic carbocycles. The molecule has 0 aliphatic carbocycles. The van der Waals surface area contributed by atoms with Gasteiger partial charge in [0.2, 0.25) is 0 Å². The largest absolute Gasteiger partial charge is 0.324 e. The van der Waals surface area contributed by atoms with Gasteiger partial charge in [0, 0.05) is 31.2 Å². The van der Waals surface area contributed by atoms with Crippen LogP contribution in [0.1, 0.15) is 43.6 Å². The standard InChI is InChI=1S/C21H24ClN5O/c1-13(2)27-19-11-23-8-6-18(19)24-20(27)15-7-9-26(12-15)21(28)25-17-5-4-14(3)10-16(17)22/h4-6,8,10-11,13,15H,7,9,12H2,1-3H3,(H,25,28)/t15-/m1/s1. The number of pyridine rings is 1. The number of nitrogens with one attached hydrogen (secondary N) is 1. The van der Waals surface area contributed by atoms with Crippen molar-refractivity contribution in [2.75, 3.05) is 18.4 Å². The van der Waals surface area contributed by atoms with Crippen molar-refractivity contribution in [2.24, 2.45) is 0 Å². The highest BCUT2D eigenvalue weighted by Gasteiger charge is 2.31. The van der Waals surface area contributed by atoms with Crippen LogP contribution in [0.3, 0.4) is 0 Å². The van der Waals surface area contributed by atoms with Gasteiger partial charge in [-0.1, -0.05) is 17.7 Å². The number of carbonyl (C=O) groups excluding carboxylic acids is 1. The number of halogens is 1. The molecule has 7 heteroatoms. The Hall–Kier alpha value is -2.60. The summed E-state index contributed by atoms with van der Waals surface area (Å²) in [6, 6.07) is 7.72. The number of urea groups is 1. The molecule has 3 heterocycles. The Morgan fingerprint density at radius 2 is 2.14 bits per heavy atom. The van der Waals surface area contributed by atoms with Crippen molar-refractivity contribution >= 4 is 34.4 Å². The number of fused-ring (bicyclic) bond motifs is 1. The summed E-state index contributed by atoms with van der Waals surface area (Å²) in [5.74, 6) is 1.23. The number of hydrogen-bond acceptors (Lipinski definition) is 3. The van der Waals surface area contributed by atoms with E-state index in [-0.39, 0.29) is 18.0 Å². The van der Waals surface area contributed by atoms with E-state index in [9.17, 15) is 4.79 Å². The number of nitrogens with zero attached hydrogens (tertiary/aromatic N) is 4. The number of imidazole rings is 1. The van der Waals surface area contributed by atoms with Gasteiger partial charge in [-0.05, 0) is 51.0 Å². The Bertz CT molecular complexity index is 1030. The number of likely N-dealkylation sites (tertiary alicyclic amines) is 1. The first-order chi connectivity index (χ1) is 13.4. The highest BCUT2D eigenvalue weighted by atomic mass is 35.5. The summed E-state index contributed by atoms with van der Waals surface area (Å²) in [7, 11) is 0. The van der Waals surface area contributed by atoms with Gasteiger partial charge in [-0.2, -0.15) is 0 Å². The predicted octanol–water partition coefficient (Wildman–Crippen LogP) is 5.00. The molecule has 4 rings (SSSR count). The Labute approximate surface area is 169 Å². The van der Waals surface area contributed by atoms with E-state index in [4.69, 9.17) is 16.6 Å². The first kappa shape index (κ1) is 18.7. The lowest BCUT2D eigenvalue weighted by Gasteiger charge is -2.19. The number of benzene rings is 1. The normalized spacial score (nSPS) is 16.9. The SMILES string of the molecule is Cc1ccc(NC(=O)N2CC[C@@H](c3nc4ccncc4n3C(C)C)C2)c(Cl)c1. The fourth-order valence-electron chi connectivity index (χ4n) is 3.86. The van der Waals surface area contributed by atoms with Gasteiger partial charge in [0.25, 0.3) is 0 Å². The fraction of sp³-hybridized carbons (Fsp3) is 0.381. The molecule has 1 atom stereocenters. The number of hydrogen-bond donors (Lipinski definition) is 1. The highest BCUT2D eigenvalue weighted by Crippen LogP contribution is 2.32. The third-order valence-electron chi connectivity index (χ3n) is 5.24. The van der Waals surface area contributed by atoms with E-state index in [2.05, 4.69) is 28.7 Å². The van der Waals surface area contributed by atoms with Crippen LogP contribution in [-0.2, 0) is 0 Å². The highest BCUT2D eigenvalue weighted by molar-refractivity contribution is 6.33. The summed E-state index contributed by atoms with van der Waals surface area (Å²) in [5, 5.41) is 3.49. The van der Waals surface area contributed by atoms with E-state index in [1.807, 2.05) is 42.3 Å². The van der Waals surface area contributed by atoms with Gasteiger partial charge in [0.1, 0.15) is 5.82 Å². The van der Waals surface area contributed by atoms with Crippen molar-refractivity contribution in [3.8, 4) is 0 Å². The molecule has 28 heavy (non-hydrogen) atoms. The molecular weight excluding hydrogens is 374 g/mol. The quantitative estimate of drug-likeness (QED) is 0.676. The van der Waals surface area contributed by atoms with Crippen LogP contribution in [0.15, 0.2) is 36.7 Å². The zero-order chi connectivity index (χ0) is 19.8. The predicted molar refractivity (Wildman–Crippen MR) is 112 cm³/mol. The number of amides is 2. The number of rotatable bonds is 3. The van der Waals surface area contributed by atoms with Gasteiger partial charge in [-0.25, -0.2) is 9.78 Å². The second-order valence-corrected chi connectivity index (χ2v) is 8.05. The minimum Gasteiger partial charge on any atom is -0.324 e. The Morgan fingerprint density at radius 3 is 2.89 bits per heavy atom. The Balaban J connectivity index is 1.53. The third kappa shape index (κ3) is 3.44. The van der Waals surface area contributed by atoms with Crippen LogP contribution in [0, 0.1) is 6.92 Å². The minimum atomic E-state index is -0.123. The zero-order valence-corrected chi connectivity index (χ0v) is 17.1. The minimum absolute atomic E-state index is 0.123. The maximum absolute atomic E-state index is 12.7. The van der Waals surface area contributed by atoms with Crippen molar-refractivity contribution in [1.29, 1.82) is 0 Å². The topological polar surface area (TPSA) is 63.1 Å². The van der Waals surface area contributed by atoms with Gasteiger partial charge in [-0.3, -0.25) is 4.98 Å². The van der Waals surface area contributed by atoms with Gasteiger partial charge in [0.15, 0.2) is 0 Å². The van der Waals surface area contributed by atoms with Crippen molar-refractivity contribution < 1.29 is 4.79 Å². The van der Waals surface area contributed by atoms with Crippen molar-refractivity contribution in [3.63, 3.8) is 0 Å². The summed E-state index contributed by atoms with van der Waals surface area (Å²) in [6.07, 6.45) is 4.52. The molecule has 2 amide bonds. The van der Waals surface area contributed by atoms with Crippen molar-refractivity contribution in [2.45, 2.75) is 39.2 Å². The van der Waals surface area contributed by atoms with Crippen LogP contribution in [0.25, 0.3) is 11.0 Å². The summed E-state index contributed by atoms with van der Waals surface area (Å²) >= 11 is 6.25. The average molecular weight is 398 g/mol. The summed E-state index contributed by atoms with van der Waals surface area (Å²) < 4.78 is 2.24. The molecule has 1 aliphatic rings. The number of carbonyl (C=O) groups is 1. The number of aryl methyl sites for hydroxylation is 1. The maximum Gasteiger partial charge on any atom is 0.321 e. The maximum atomic E-state index is 12.7. The first-order valence-electron chi connectivity index (χ1n) is 9.58. The lowest BCUT2D eigenvalue weighted by atomic mass is 10.1. The summed E-state index contributed by atoms with van der Waals surface area (Å²) in [5.41, 5.74) is 3.70. The van der Waals surface area contributed by atoms with Crippen LogP contribution in [0.5, 0.6) is 0 Å². The lowest BCUT2D eigenvalue weighted by molar-refractivity contribution is 0.222. The van der Waals surface area contributed by atoms with E-state index < -0.39 is 0 Å². The molecule has 146 valence electrons. The first-order valence-corrected chi connectivity index (χ1v) is 9.95. The molecule has 1 saturated heterocycles. The smallest absolute Gasteiger partial charge is 0.321 e. The molecular formula is C21H24ClN5O. The Kier molecular flexibility index (Phi) is 4.98. The molecule has 0 unspecified atom stereocenters. The van der Waals surface area contributed by atoms with Crippen molar-refractivity contribution in [3.05, 3.63) is 53.1 Å². The molecule has 2 aromatic heterocycles. The fourth-order valence-corrected chi connectivity index (χ4v) is 4.14. The molecule has 0 spiro atoms. The van der Waals surface area contributed by atoms with E-state index in [0.717, 1.165) is 28.8 Å². The number of anilines is 1. The van der Waals surface area contributed by atoms with Gasteiger partial charge < -0.3 is 14.8 Å². The van der Waals surface area contributed by atoms with Gasteiger partial charge >= 0.3 is 6.03 Å². The van der Waals surface area contributed by atoms with Crippen LogP contribution in [-0.4, -0.2) is 38.6 Å². The van der Waals surface area contributed by atoms with E-state index in [1.54, 1.807) is 6.20 Å². The van der Waals surface area contributed by atoms with Gasteiger partial charge in [0.05, 0.1) is 27.9 Å². The summed E-state index contributed by atoms with van der Waals surface area (Å²) in [6.45, 7) is 7.60. The van der Waals surface area contributed by atoms with E-state index in [0.29, 0.717) is 23.8 Å². The molecule has 3 aromatic rings. The van der Waals surface area contributed by atoms with Crippen LogP contribution >= 0.6 is 11.6 Å². The second-order valence-electron chi connectivity index (χ2n) is 7.64. The Morgan fingerprint density at radius 1 is 1.32 bits per heavy atom. The average Bonchev–Trinajstić information content (AvgIpc) is 3.28. The molecule has 1 fully saturated rings. The lowest BCUT2D eigenvalue weighted by Crippen LogP contribution is -2.33.